The van der Waals surface area contributed by atoms with E-state index in [4.69, 9.17) is 14.6 Å². The van der Waals surface area contributed by atoms with Crippen LogP contribution < -0.4 is 4.74 Å². The second-order valence-corrected chi connectivity index (χ2v) is 7.13. The zero-order valence-corrected chi connectivity index (χ0v) is 15.5. The lowest BCUT2D eigenvalue weighted by Gasteiger charge is -2.41. The molecule has 5 nitrogen and oxygen atoms in total. The van der Waals surface area contributed by atoms with Crippen LogP contribution in [0.2, 0.25) is 0 Å². The Morgan fingerprint density at radius 3 is 2.71 bits per heavy atom. The van der Waals surface area contributed by atoms with E-state index >= 15 is 0 Å². The zero-order valence-electron chi connectivity index (χ0n) is 14.7. The van der Waals surface area contributed by atoms with E-state index in [1.807, 2.05) is 25.1 Å². The molecule has 6 heteroatoms. The molecule has 1 fully saturated rings. The van der Waals surface area contributed by atoms with Crippen LogP contribution in [0.5, 0.6) is 5.75 Å². The van der Waals surface area contributed by atoms with Gasteiger partial charge in [-0.2, -0.15) is 0 Å². The standard InChI is InChI=1S/C18H27NO4S/c1-4-18(2,19-7-10-23-11-8-19)17(21)14-5-6-15(22-3)16(13-14)24-12-9-20/h5-6,13,20H,4,7-12H2,1-3H3. The summed E-state index contributed by atoms with van der Waals surface area (Å²) in [5.74, 6) is 1.43. The maximum Gasteiger partial charge on any atom is 0.182 e. The molecule has 1 saturated heterocycles. The van der Waals surface area contributed by atoms with Gasteiger partial charge in [-0.25, -0.2) is 0 Å². The third-order valence-electron chi connectivity index (χ3n) is 4.66. The second-order valence-electron chi connectivity index (χ2n) is 5.99. The molecular weight excluding hydrogens is 326 g/mol. The van der Waals surface area contributed by atoms with Crippen molar-refractivity contribution in [1.82, 2.24) is 4.90 Å². The highest BCUT2D eigenvalue weighted by molar-refractivity contribution is 7.99. The highest BCUT2D eigenvalue weighted by Gasteiger charge is 2.39. The predicted molar refractivity (Wildman–Crippen MR) is 96.2 cm³/mol. The van der Waals surface area contributed by atoms with Crippen LogP contribution in [-0.4, -0.2) is 67.1 Å². The summed E-state index contributed by atoms with van der Waals surface area (Å²) in [7, 11) is 1.61. The number of carbonyl (C=O) groups is 1. The van der Waals surface area contributed by atoms with Crippen molar-refractivity contribution in [3.05, 3.63) is 23.8 Å². The number of aliphatic hydroxyl groups is 1. The average Bonchev–Trinajstić information content (AvgIpc) is 2.65. The van der Waals surface area contributed by atoms with Crippen molar-refractivity contribution in [3.63, 3.8) is 0 Å². The topological polar surface area (TPSA) is 59.0 Å². The average molecular weight is 353 g/mol. The molecule has 0 bridgehead atoms. The number of ketones is 1. The van der Waals surface area contributed by atoms with E-state index in [0.717, 1.165) is 30.2 Å². The van der Waals surface area contributed by atoms with E-state index in [1.54, 1.807) is 7.11 Å². The van der Waals surface area contributed by atoms with Crippen molar-refractivity contribution < 1.29 is 19.4 Å². The Labute approximate surface area is 148 Å². The maximum absolute atomic E-state index is 13.2. The first-order valence-electron chi connectivity index (χ1n) is 8.36. The fourth-order valence-corrected chi connectivity index (χ4v) is 3.80. The lowest BCUT2D eigenvalue weighted by molar-refractivity contribution is -0.0106. The molecule has 1 atom stereocenters. The number of benzene rings is 1. The van der Waals surface area contributed by atoms with Gasteiger partial charge in [-0.05, 0) is 31.5 Å². The van der Waals surface area contributed by atoms with Gasteiger partial charge in [0.2, 0.25) is 0 Å². The van der Waals surface area contributed by atoms with Crippen LogP contribution in [0.15, 0.2) is 23.1 Å². The summed E-state index contributed by atoms with van der Waals surface area (Å²) < 4.78 is 10.8. The third-order valence-corrected chi connectivity index (χ3v) is 5.68. The van der Waals surface area contributed by atoms with E-state index in [1.165, 1.54) is 11.8 Å². The van der Waals surface area contributed by atoms with Crippen LogP contribution in [0, 0.1) is 0 Å². The Hall–Kier alpha value is -1.08. The number of nitrogens with zero attached hydrogens (tertiary/aromatic N) is 1. The minimum atomic E-state index is -0.530. The van der Waals surface area contributed by atoms with Crippen molar-refractivity contribution in [2.24, 2.45) is 0 Å². The Balaban J connectivity index is 2.29. The smallest absolute Gasteiger partial charge is 0.182 e. The summed E-state index contributed by atoms with van der Waals surface area (Å²) >= 11 is 1.50. The second kappa shape index (κ2) is 8.85. The number of thioether (sulfide) groups is 1. The van der Waals surface area contributed by atoms with Gasteiger partial charge >= 0.3 is 0 Å². The molecule has 1 aliphatic rings. The number of Topliss-reactive ketones (excluding diaryl/α,β-unsaturated/α-hetero) is 1. The summed E-state index contributed by atoms with van der Waals surface area (Å²) in [6.07, 6.45) is 0.747. The first kappa shape index (κ1) is 19.2. The number of morpholine rings is 1. The molecule has 0 amide bonds. The molecule has 2 rings (SSSR count). The molecule has 24 heavy (non-hydrogen) atoms. The van der Waals surface area contributed by atoms with E-state index in [-0.39, 0.29) is 12.4 Å². The molecule has 0 radical (unpaired) electrons. The highest BCUT2D eigenvalue weighted by atomic mass is 32.2. The van der Waals surface area contributed by atoms with Crippen LogP contribution >= 0.6 is 11.8 Å². The van der Waals surface area contributed by atoms with Gasteiger partial charge in [0.1, 0.15) is 5.75 Å². The van der Waals surface area contributed by atoms with Crippen molar-refractivity contribution in [3.8, 4) is 5.75 Å². The molecule has 0 saturated carbocycles. The predicted octanol–water partition coefficient (Wildman–Crippen LogP) is 2.46. The van der Waals surface area contributed by atoms with E-state index < -0.39 is 5.54 Å². The molecule has 0 aromatic heterocycles. The molecular formula is C18H27NO4S. The van der Waals surface area contributed by atoms with Gasteiger partial charge in [-0.3, -0.25) is 9.69 Å². The van der Waals surface area contributed by atoms with Crippen LogP contribution in [0.1, 0.15) is 30.6 Å². The van der Waals surface area contributed by atoms with Gasteiger partial charge < -0.3 is 14.6 Å². The summed E-state index contributed by atoms with van der Waals surface area (Å²) in [4.78, 5) is 16.4. The maximum atomic E-state index is 13.2. The third kappa shape index (κ3) is 4.11. The minimum Gasteiger partial charge on any atom is -0.496 e. The Kier molecular flexibility index (Phi) is 7.10. The molecule has 1 aliphatic heterocycles. The summed E-state index contributed by atoms with van der Waals surface area (Å²) in [6.45, 7) is 7.05. The van der Waals surface area contributed by atoms with Crippen molar-refractivity contribution in [1.29, 1.82) is 0 Å². The number of aliphatic hydroxyl groups excluding tert-OH is 1. The Morgan fingerprint density at radius 2 is 2.12 bits per heavy atom. The zero-order chi connectivity index (χ0) is 17.6. The molecule has 0 aliphatic carbocycles. The molecule has 1 unspecified atom stereocenters. The van der Waals surface area contributed by atoms with E-state index in [9.17, 15) is 4.79 Å². The number of hydrogen-bond acceptors (Lipinski definition) is 6. The van der Waals surface area contributed by atoms with Crippen LogP contribution in [-0.2, 0) is 4.74 Å². The van der Waals surface area contributed by atoms with Gasteiger partial charge in [0.25, 0.3) is 0 Å². The molecule has 1 N–H and O–H groups in total. The van der Waals surface area contributed by atoms with Crippen molar-refractivity contribution >= 4 is 17.5 Å². The molecule has 1 aromatic rings. The van der Waals surface area contributed by atoms with E-state index in [2.05, 4.69) is 11.8 Å². The highest BCUT2D eigenvalue weighted by Crippen LogP contribution is 2.33. The summed E-state index contributed by atoms with van der Waals surface area (Å²) in [5, 5.41) is 9.06. The lowest BCUT2D eigenvalue weighted by atomic mass is 9.86. The molecule has 1 heterocycles. The van der Waals surface area contributed by atoms with Gasteiger partial charge in [0.05, 0.1) is 37.4 Å². The van der Waals surface area contributed by atoms with Crippen LogP contribution in [0.4, 0.5) is 0 Å². The normalized spacial score (nSPS) is 18.2. The van der Waals surface area contributed by atoms with Crippen LogP contribution in [0.25, 0.3) is 0 Å². The number of methoxy groups -OCH3 is 1. The minimum absolute atomic E-state index is 0.0897. The van der Waals surface area contributed by atoms with Crippen LogP contribution in [0.3, 0.4) is 0 Å². The fourth-order valence-electron chi connectivity index (χ4n) is 2.98. The quantitative estimate of drug-likeness (QED) is 0.572. The monoisotopic (exact) mass is 353 g/mol. The van der Waals surface area contributed by atoms with Gasteiger partial charge in [-0.1, -0.05) is 6.92 Å². The van der Waals surface area contributed by atoms with Crippen molar-refractivity contribution in [2.45, 2.75) is 30.7 Å². The molecule has 134 valence electrons. The SMILES string of the molecule is CCC(C)(C(=O)c1ccc(OC)c(SCCO)c1)N1CCOCC1. The molecule has 0 spiro atoms. The number of ether oxygens (including phenoxy) is 2. The van der Waals surface area contributed by atoms with Gasteiger partial charge in [-0.15, -0.1) is 11.8 Å². The number of hydrogen-bond donors (Lipinski definition) is 1. The van der Waals surface area contributed by atoms with E-state index in [0.29, 0.717) is 24.5 Å². The first-order chi connectivity index (χ1) is 11.6. The summed E-state index contributed by atoms with van der Waals surface area (Å²) in [6, 6.07) is 5.55. The number of rotatable bonds is 8. The Bertz CT molecular complexity index is 560. The largest absolute Gasteiger partial charge is 0.496 e. The molecule has 1 aromatic carbocycles. The van der Waals surface area contributed by atoms with Crippen molar-refractivity contribution in [2.75, 3.05) is 45.8 Å². The lowest BCUT2D eigenvalue weighted by Crippen LogP contribution is -2.56. The van der Waals surface area contributed by atoms with Gasteiger partial charge in [0, 0.05) is 24.4 Å². The van der Waals surface area contributed by atoms with Gasteiger partial charge in [0.15, 0.2) is 5.78 Å². The summed E-state index contributed by atoms with van der Waals surface area (Å²) in [5.41, 5.74) is 0.157. The number of carbonyl (C=O) groups excluding carboxylic acids is 1. The first-order valence-corrected chi connectivity index (χ1v) is 9.34. The fraction of sp³-hybridized carbons (Fsp3) is 0.611. The Morgan fingerprint density at radius 1 is 1.42 bits per heavy atom.